The summed E-state index contributed by atoms with van der Waals surface area (Å²) in [5, 5.41) is 5.19. The van der Waals surface area contributed by atoms with Crippen molar-refractivity contribution >= 4 is 11.0 Å². The zero-order chi connectivity index (χ0) is 22.2. The lowest BCUT2D eigenvalue weighted by molar-refractivity contribution is 0.0517. The Kier molecular flexibility index (Phi) is 8.90. The molecule has 1 fully saturated rings. The van der Waals surface area contributed by atoms with Gasteiger partial charge in [0.25, 0.3) is 0 Å². The average molecular weight is 433 g/mol. The maximum atomic E-state index is 13.4. The molecule has 2 heterocycles. The maximum Gasteiger partial charge on any atom is 0.170 e. The molecule has 1 aromatic heterocycles. The van der Waals surface area contributed by atoms with E-state index in [1.807, 2.05) is 0 Å². The van der Waals surface area contributed by atoms with Crippen molar-refractivity contribution in [2.45, 2.75) is 71.3 Å². The molecular weight excluding hydrogens is 395 g/mol. The zero-order valence-corrected chi connectivity index (χ0v) is 19.5. The predicted molar refractivity (Wildman–Crippen MR) is 122 cm³/mol. The fourth-order valence-corrected chi connectivity index (χ4v) is 4.33. The van der Waals surface area contributed by atoms with Crippen molar-refractivity contribution < 1.29 is 18.4 Å². The quantitative estimate of drug-likeness (QED) is 0.319. The maximum absolute atomic E-state index is 13.4. The van der Waals surface area contributed by atoms with Gasteiger partial charge in [0.2, 0.25) is 0 Å². The number of halogens is 1. The van der Waals surface area contributed by atoms with E-state index in [0.29, 0.717) is 11.5 Å². The van der Waals surface area contributed by atoms with E-state index in [2.05, 4.69) is 30.8 Å². The fourth-order valence-electron chi connectivity index (χ4n) is 4.33. The van der Waals surface area contributed by atoms with Gasteiger partial charge < -0.3 is 18.9 Å². The molecule has 6 heteroatoms. The Morgan fingerprint density at radius 3 is 2.77 bits per heavy atom. The number of aromatic nitrogens is 1. The van der Waals surface area contributed by atoms with Crippen LogP contribution in [-0.2, 0) is 9.47 Å². The summed E-state index contributed by atoms with van der Waals surface area (Å²) < 4.78 is 30.2. The molecule has 31 heavy (non-hydrogen) atoms. The van der Waals surface area contributed by atoms with E-state index in [4.69, 9.17) is 14.0 Å². The van der Waals surface area contributed by atoms with Gasteiger partial charge in [-0.3, -0.25) is 0 Å². The van der Waals surface area contributed by atoms with E-state index in [9.17, 15) is 4.39 Å². The Morgan fingerprint density at radius 1 is 1.29 bits per heavy atom. The lowest BCUT2D eigenvalue weighted by atomic mass is 9.91. The normalized spacial score (nSPS) is 17.7. The second-order valence-corrected chi connectivity index (χ2v) is 8.68. The molecule has 0 amide bonds. The second kappa shape index (κ2) is 11.6. The standard InChI is InChI=1S/C25H37FN2O3/c1-5-18(2)23(29-4)16-19(3)30-15-7-6-12-28-13-10-20(11-14-28)25-22-9-8-21(26)17-24(22)31-27-25/h8-9,17,19-20H,5-7,10-16H2,1-4H3/b23-18-. The number of fused-ring (bicyclic) bond motifs is 1. The van der Waals surface area contributed by atoms with Gasteiger partial charge in [-0.05, 0) is 83.3 Å². The van der Waals surface area contributed by atoms with E-state index in [-0.39, 0.29) is 11.9 Å². The van der Waals surface area contributed by atoms with Crippen LogP contribution in [-0.4, -0.2) is 49.5 Å². The van der Waals surface area contributed by atoms with Gasteiger partial charge in [0.15, 0.2) is 5.58 Å². The van der Waals surface area contributed by atoms with Crippen LogP contribution in [0, 0.1) is 5.82 Å². The number of likely N-dealkylation sites (tertiary alicyclic amines) is 1. The van der Waals surface area contributed by atoms with Gasteiger partial charge in [-0.2, -0.15) is 0 Å². The van der Waals surface area contributed by atoms with Crippen LogP contribution < -0.4 is 0 Å². The van der Waals surface area contributed by atoms with Crippen molar-refractivity contribution in [3.63, 3.8) is 0 Å². The third-order valence-electron chi connectivity index (χ3n) is 6.43. The molecule has 1 aliphatic rings. The Hall–Kier alpha value is -1.92. The summed E-state index contributed by atoms with van der Waals surface area (Å²) >= 11 is 0. The van der Waals surface area contributed by atoms with Crippen LogP contribution in [0.2, 0.25) is 0 Å². The molecule has 1 saturated heterocycles. The largest absolute Gasteiger partial charge is 0.501 e. The first-order valence-corrected chi connectivity index (χ1v) is 11.6. The lowest BCUT2D eigenvalue weighted by Gasteiger charge is -2.31. The van der Waals surface area contributed by atoms with E-state index >= 15 is 0 Å². The van der Waals surface area contributed by atoms with Crippen molar-refractivity contribution in [3.8, 4) is 0 Å². The topological polar surface area (TPSA) is 47.7 Å². The number of unbranched alkanes of at least 4 members (excludes halogenated alkanes) is 1. The van der Waals surface area contributed by atoms with Crippen molar-refractivity contribution in [1.82, 2.24) is 10.1 Å². The number of hydrogen-bond donors (Lipinski definition) is 0. The summed E-state index contributed by atoms with van der Waals surface area (Å²) in [6.07, 6.45) is 6.38. The highest BCUT2D eigenvalue weighted by atomic mass is 19.1. The number of rotatable bonds is 11. The van der Waals surface area contributed by atoms with Crippen molar-refractivity contribution in [3.05, 3.63) is 41.0 Å². The zero-order valence-electron chi connectivity index (χ0n) is 19.5. The van der Waals surface area contributed by atoms with Crippen LogP contribution in [0.25, 0.3) is 11.0 Å². The molecule has 1 unspecified atom stereocenters. The smallest absolute Gasteiger partial charge is 0.170 e. The summed E-state index contributed by atoms with van der Waals surface area (Å²) in [7, 11) is 1.75. The summed E-state index contributed by atoms with van der Waals surface area (Å²) in [5.74, 6) is 1.17. The van der Waals surface area contributed by atoms with Crippen LogP contribution >= 0.6 is 0 Å². The SMILES string of the molecule is CC/C(C)=C(/CC(C)OCCCCN1CCC(c2noc3cc(F)ccc23)CC1)OC. The Morgan fingerprint density at radius 2 is 2.06 bits per heavy atom. The molecule has 0 saturated carbocycles. The van der Waals surface area contributed by atoms with Gasteiger partial charge in [-0.15, -0.1) is 0 Å². The fraction of sp³-hybridized carbons (Fsp3) is 0.640. The van der Waals surface area contributed by atoms with Crippen molar-refractivity contribution in [2.24, 2.45) is 0 Å². The van der Waals surface area contributed by atoms with Crippen LogP contribution in [0.3, 0.4) is 0 Å². The third kappa shape index (κ3) is 6.53. The van der Waals surface area contributed by atoms with E-state index in [1.165, 1.54) is 17.7 Å². The molecule has 1 atom stereocenters. The highest BCUT2D eigenvalue weighted by molar-refractivity contribution is 5.79. The molecule has 2 aromatic rings. The number of nitrogens with zero attached hydrogens (tertiary/aromatic N) is 2. The third-order valence-corrected chi connectivity index (χ3v) is 6.43. The van der Waals surface area contributed by atoms with Gasteiger partial charge >= 0.3 is 0 Å². The number of benzene rings is 1. The molecule has 0 N–H and O–H groups in total. The summed E-state index contributed by atoms with van der Waals surface area (Å²) in [4.78, 5) is 2.53. The van der Waals surface area contributed by atoms with Gasteiger partial charge in [0.05, 0.1) is 24.7 Å². The summed E-state index contributed by atoms with van der Waals surface area (Å²) in [5.41, 5.74) is 2.83. The average Bonchev–Trinajstić information content (AvgIpc) is 3.20. The van der Waals surface area contributed by atoms with E-state index in [1.54, 1.807) is 13.2 Å². The molecule has 0 spiro atoms. The summed E-state index contributed by atoms with van der Waals surface area (Å²) in [6.45, 7) is 10.4. The van der Waals surface area contributed by atoms with E-state index in [0.717, 1.165) is 81.6 Å². The first-order chi connectivity index (χ1) is 15.0. The van der Waals surface area contributed by atoms with Gasteiger partial charge in [-0.1, -0.05) is 12.1 Å². The van der Waals surface area contributed by atoms with Gasteiger partial charge in [0, 0.05) is 30.4 Å². The molecule has 172 valence electrons. The molecule has 5 nitrogen and oxygen atoms in total. The molecule has 0 aliphatic carbocycles. The minimum absolute atomic E-state index is 0.179. The molecule has 3 rings (SSSR count). The monoisotopic (exact) mass is 432 g/mol. The number of hydrogen-bond acceptors (Lipinski definition) is 5. The Bertz CT molecular complexity index is 856. The van der Waals surface area contributed by atoms with Crippen LogP contribution in [0.5, 0.6) is 0 Å². The van der Waals surface area contributed by atoms with Crippen molar-refractivity contribution in [1.29, 1.82) is 0 Å². The first kappa shape index (κ1) is 23.7. The lowest BCUT2D eigenvalue weighted by Crippen LogP contribution is -2.34. The molecule has 1 aromatic carbocycles. The summed E-state index contributed by atoms with van der Waals surface area (Å²) in [6, 6.07) is 4.69. The minimum atomic E-state index is -0.282. The minimum Gasteiger partial charge on any atom is -0.501 e. The Balaban J connectivity index is 1.33. The molecule has 1 aliphatic heterocycles. The number of methoxy groups -OCH3 is 1. The van der Waals surface area contributed by atoms with Gasteiger partial charge in [0.1, 0.15) is 5.82 Å². The molecule has 0 radical (unpaired) electrons. The highest BCUT2D eigenvalue weighted by Gasteiger charge is 2.24. The van der Waals surface area contributed by atoms with Crippen LogP contribution in [0.1, 0.15) is 70.9 Å². The number of allylic oxidation sites excluding steroid dienone is 1. The number of ether oxygens (including phenoxy) is 2. The second-order valence-electron chi connectivity index (χ2n) is 8.68. The number of piperidine rings is 1. The molecule has 0 bridgehead atoms. The van der Waals surface area contributed by atoms with Gasteiger partial charge in [-0.25, -0.2) is 4.39 Å². The van der Waals surface area contributed by atoms with Crippen molar-refractivity contribution in [2.75, 3.05) is 33.4 Å². The van der Waals surface area contributed by atoms with E-state index < -0.39 is 0 Å². The molecular formula is C25H37FN2O3. The first-order valence-electron chi connectivity index (χ1n) is 11.6. The highest BCUT2D eigenvalue weighted by Crippen LogP contribution is 2.32. The van der Waals surface area contributed by atoms with Crippen LogP contribution in [0.4, 0.5) is 4.39 Å². The Labute approximate surface area is 185 Å². The van der Waals surface area contributed by atoms with Crippen LogP contribution in [0.15, 0.2) is 34.1 Å². The predicted octanol–water partition coefficient (Wildman–Crippen LogP) is 6.05.